The van der Waals surface area contributed by atoms with Crippen molar-refractivity contribution in [1.29, 1.82) is 0 Å². The Hall–Kier alpha value is -1.56. The van der Waals surface area contributed by atoms with Crippen LogP contribution in [0, 0.1) is 0 Å². The molecule has 0 aliphatic heterocycles. The Bertz CT molecular complexity index is 442. The molecule has 0 spiro atoms. The number of esters is 1. The summed E-state index contributed by atoms with van der Waals surface area (Å²) in [5.74, 6) is -0.807. The fourth-order valence-corrected chi connectivity index (χ4v) is 1.65. The van der Waals surface area contributed by atoms with Gasteiger partial charge in [0.2, 0.25) is 0 Å². The highest BCUT2D eigenvalue weighted by Gasteiger charge is 2.31. The number of aromatic amines is 1. The lowest BCUT2D eigenvalue weighted by Gasteiger charge is -2.25. The van der Waals surface area contributed by atoms with Crippen LogP contribution in [-0.4, -0.2) is 85.1 Å². The van der Waals surface area contributed by atoms with Crippen molar-refractivity contribution in [3.63, 3.8) is 0 Å². The SMILES string of the molecule is N[C@@H](Cc1cnc[nH]1)C(=O)OC[C@H](O)[C@@H](O)[C@H](O)[C@H](O)CO. The van der Waals surface area contributed by atoms with Crippen LogP contribution in [0.1, 0.15) is 5.69 Å². The first-order valence-electron chi connectivity index (χ1n) is 6.59. The van der Waals surface area contributed by atoms with E-state index in [0.29, 0.717) is 5.69 Å². The van der Waals surface area contributed by atoms with Gasteiger partial charge in [0.05, 0.1) is 12.9 Å². The average molecular weight is 319 g/mol. The lowest BCUT2D eigenvalue weighted by molar-refractivity contribution is -0.157. The Morgan fingerprint density at radius 1 is 1.27 bits per heavy atom. The van der Waals surface area contributed by atoms with Crippen LogP contribution < -0.4 is 5.73 Å². The predicted molar refractivity (Wildman–Crippen MR) is 72.3 cm³/mol. The summed E-state index contributed by atoms with van der Waals surface area (Å²) in [6, 6.07) is -0.988. The maximum atomic E-state index is 11.6. The van der Waals surface area contributed by atoms with E-state index in [4.69, 9.17) is 20.7 Å². The molecule has 1 heterocycles. The molecule has 0 saturated carbocycles. The first-order valence-corrected chi connectivity index (χ1v) is 6.59. The molecule has 0 saturated heterocycles. The summed E-state index contributed by atoms with van der Waals surface area (Å²) in [6.07, 6.45) is -3.75. The summed E-state index contributed by atoms with van der Waals surface area (Å²) < 4.78 is 4.74. The van der Waals surface area contributed by atoms with Gasteiger partial charge in [-0.3, -0.25) is 4.79 Å². The van der Waals surface area contributed by atoms with Crippen molar-refractivity contribution >= 4 is 5.97 Å². The third-order valence-electron chi connectivity index (χ3n) is 3.02. The second kappa shape index (κ2) is 8.78. The van der Waals surface area contributed by atoms with E-state index in [1.165, 1.54) is 12.5 Å². The molecule has 1 aromatic rings. The Morgan fingerprint density at radius 3 is 2.45 bits per heavy atom. The number of ether oxygens (including phenoxy) is 1. The van der Waals surface area contributed by atoms with Gasteiger partial charge in [0, 0.05) is 18.3 Å². The number of rotatable bonds is 9. The summed E-state index contributed by atoms with van der Waals surface area (Å²) in [6.45, 7) is -1.41. The molecule has 10 nitrogen and oxygen atoms in total. The van der Waals surface area contributed by atoms with Crippen LogP contribution >= 0.6 is 0 Å². The molecule has 10 heteroatoms. The molecular weight excluding hydrogens is 298 g/mol. The molecule has 5 atom stereocenters. The quantitative estimate of drug-likeness (QED) is 0.225. The van der Waals surface area contributed by atoms with Gasteiger partial charge in [0.25, 0.3) is 0 Å². The zero-order chi connectivity index (χ0) is 16.7. The van der Waals surface area contributed by atoms with Crippen LogP contribution in [0.3, 0.4) is 0 Å². The molecule has 0 aliphatic carbocycles. The second-order valence-corrected chi connectivity index (χ2v) is 4.82. The van der Waals surface area contributed by atoms with Gasteiger partial charge in [-0.1, -0.05) is 0 Å². The topological polar surface area (TPSA) is 182 Å². The highest BCUT2D eigenvalue weighted by molar-refractivity contribution is 5.75. The summed E-state index contributed by atoms with van der Waals surface area (Å²) in [5.41, 5.74) is 6.24. The number of nitrogens with one attached hydrogen (secondary N) is 1. The number of carbonyl (C=O) groups excluding carboxylic acids is 1. The van der Waals surface area contributed by atoms with Gasteiger partial charge in [-0.15, -0.1) is 0 Å². The molecule has 22 heavy (non-hydrogen) atoms. The maximum Gasteiger partial charge on any atom is 0.323 e. The van der Waals surface area contributed by atoms with Crippen LogP contribution in [0.5, 0.6) is 0 Å². The molecule has 0 aromatic carbocycles. The Kier molecular flexibility index (Phi) is 7.38. The Labute approximate surface area is 126 Å². The maximum absolute atomic E-state index is 11.6. The van der Waals surface area contributed by atoms with Crippen molar-refractivity contribution in [2.75, 3.05) is 13.2 Å². The van der Waals surface area contributed by atoms with Gasteiger partial charge in [-0.25, -0.2) is 4.98 Å². The molecule has 0 aliphatic rings. The number of aliphatic hydroxyl groups is 5. The normalized spacial score (nSPS) is 18.3. The molecule has 8 N–H and O–H groups in total. The van der Waals surface area contributed by atoms with Crippen molar-refractivity contribution in [2.24, 2.45) is 5.73 Å². The number of hydrogen-bond acceptors (Lipinski definition) is 9. The Balaban J connectivity index is 2.39. The van der Waals surface area contributed by atoms with E-state index in [9.17, 15) is 20.1 Å². The molecule has 1 aromatic heterocycles. The monoisotopic (exact) mass is 319 g/mol. The van der Waals surface area contributed by atoms with Crippen molar-refractivity contribution in [3.05, 3.63) is 18.2 Å². The van der Waals surface area contributed by atoms with Crippen LogP contribution in [0.15, 0.2) is 12.5 Å². The third-order valence-corrected chi connectivity index (χ3v) is 3.02. The molecule has 0 unspecified atom stereocenters. The smallest absolute Gasteiger partial charge is 0.323 e. The van der Waals surface area contributed by atoms with Crippen molar-refractivity contribution in [2.45, 2.75) is 36.9 Å². The highest BCUT2D eigenvalue weighted by Crippen LogP contribution is 2.06. The van der Waals surface area contributed by atoms with E-state index in [0.717, 1.165) is 0 Å². The van der Waals surface area contributed by atoms with Gasteiger partial charge < -0.3 is 41.0 Å². The summed E-state index contributed by atoms with van der Waals surface area (Å²) in [4.78, 5) is 18.2. The van der Waals surface area contributed by atoms with Crippen LogP contribution in [0.25, 0.3) is 0 Å². The van der Waals surface area contributed by atoms with Gasteiger partial charge in [-0.05, 0) is 0 Å². The number of H-pyrrole nitrogens is 1. The van der Waals surface area contributed by atoms with E-state index in [1.807, 2.05) is 0 Å². The second-order valence-electron chi connectivity index (χ2n) is 4.82. The van der Waals surface area contributed by atoms with E-state index in [-0.39, 0.29) is 6.42 Å². The minimum absolute atomic E-state index is 0.156. The fraction of sp³-hybridized carbons (Fsp3) is 0.667. The lowest BCUT2D eigenvalue weighted by atomic mass is 10.0. The molecule has 0 amide bonds. The van der Waals surface area contributed by atoms with Gasteiger partial charge in [0.15, 0.2) is 0 Å². The summed E-state index contributed by atoms with van der Waals surface area (Å²) >= 11 is 0. The minimum atomic E-state index is -1.79. The summed E-state index contributed by atoms with van der Waals surface area (Å²) in [7, 11) is 0. The van der Waals surface area contributed by atoms with E-state index in [2.05, 4.69) is 9.97 Å². The molecule has 0 radical (unpaired) electrons. The van der Waals surface area contributed by atoms with Gasteiger partial charge in [0.1, 0.15) is 37.1 Å². The largest absolute Gasteiger partial charge is 0.462 e. The zero-order valence-electron chi connectivity index (χ0n) is 11.7. The van der Waals surface area contributed by atoms with Crippen molar-refractivity contribution in [3.8, 4) is 0 Å². The summed E-state index contributed by atoms with van der Waals surface area (Å²) in [5, 5.41) is 46.3. The molecule has 126 valence electrons. The number of aliphatic hydroxyl groups excluding tert-OH is 5. The third kappa shape index (κ3) is 5.33. The highest BCUT2D eigenvalue weighted by atomic mass is 16.5. The number of hydrogen-bond donors (Lipinski definition) is 7. The van der Waals surface area contributed by atoms with Crippen molar-refractivity contribution < 1.29 is 35.1 Å². The molecular formula is C12H21N3O7. The van der Waals surface area contributed by atoms with Crippen LogP contribution in [-0.2, 0) is 16.0 Å². The fourth-order valence-electron chi connectivity index (χ4n) is 1.65. The zero-order valence-corrected chi connectivity index (χ0v) is 11.7. The minimum Gasteiger partial charge on any atom is -0.462 e. The first kappa shape index (κ1) is 18.5. The van der Waals surface area contributed by atoms with Gasteiger partial charge in [-0.2, -0.15) is 0 Å². The Morgan fingerprint density at radius 2 is 1.91 bits per heavy atom. The number of carbonyl (C=O) groups is 1. The number of imidazole rings is 1. The molecule has 1 rings (SSSR count). The van der Waals surface area contributed by atoms with E-state index in [1.54, 1.807) is 0 Å². The van der Waals surface area contributed by atoms with E-state index < -0.39 is 49.6 Å². The predicted octanol–water partition coefficient (Wildman–Crippen LogP) is -3.74. The van der Waals surface area contributed by atoms with Crippen LogP contribution in [0.2, 0.25) is 0 Å². The van der Waals surface area contributed by atoms with Crippen molar-refractivity contribution in [1.82, 2.24) is 9.97 Å². The average Bonchev–Trinajstić information content (AvgIpc) is 3.02. The van der Waals surface area contributed by atoms with Gasteiger partial charge >= 0.3 is 5.97 Å². The number of aromatic nitrogens is 2. The molecule has 0 fully saturated rings. The standard InChI is InChI=1S/C12H21N3O7/c13-7(1-6-2-14-5-15-6)12(21)22-4-9(18)11(20)10(19)8(17)3-16/h2,5,7-11,16-20H,1,3-4,13H2,(H,14,15)/t7-,8+,9-,10+,11+/m0/s1. The first-order chi connectivity index (χ1) is 10.4. The lowest BCUT2D eigenvalue weighted by Crippen LogP contribution is -2.48. The van der Waals surface area contributed by atoms with E-state index >= 15 is 0 Å². The number of nitrogens with two attached hydrogens (primary N) is 1. The molecule has 0 bridgehead atoms. The number of nitrogens with zero attached hydrogens (tertiary/aromatic N) is 1. The van der Waals surface area contributed by atoms with Crippen LogP contribution in [0.4, 0.5) is 0 Å².